The SMILES string of the molecule is N#CC1(NC(=O)c2ccc3c(c2)OCO3)CCCCC1. The Morgan fingerprint density at radius 2 is 1.95 bits per heavy atom. The minimum Gasteiger partial charge on any atom is -0.454 e. The van der Waals surface area contributed by atoms with Crippen LogP contribution in [0.3, 0.4) is 0 Å². The van der Waals surface area contributed by atoms with E-state index in [1.54, 1.807) is 18.2 Å². The summed E-state index contributed by atoms with van der Waals surface area (Å²) in [5.74, 6) is 0.994. The Bertz CT molecular complexity index is 571. The first kappa shape index (κ1) is 12.8. The second-order valence-electron chi connectivity index (χ2n) is 5.28. The molecule has 1 amide bonds. The summed E-state index contributed by atoms with van der Waals surface area (Å²) in [6, 6.07) is 7.35. The van der Waals surface area contributed by atoms with Gasteiger partial charge in [-0.15, -0.1) is 0 Å². The van der Waals surface area contributed by atoms with Crippen molar-refractivity contribution in [2.45, 2.75) is 37.6 Å². The normalized spacial score (nSPS) is 19.1. The summed E-state index contributed by atoms with van der Waals surface area (Å²) in [5, 5.41) is 12.3. The molecule has 20 heavy (non-hydrogen) atoms. The first-order chi connectivity index (χ1) is 9.72. The zero-order valence-corrected chi connectivity index (χ0v) is 11.1. The van der Waals surface area contributed by atoms with Crippen molar-refractivity contribution in [2.75, 3.05) is 6.79 Å². The smallest absolute Gasteiger partial charge is 0.252 e. The van der Waals surface area contributed by atoms with Gasteiger partial charge >= 0.3 is 0 Å². The highest BCUT2D eigenvalue weighted by Crippen LogP contribution is 2.33. The van der Waals surface area contributed by atoms with Crippen molar-refractivity contribution >= 4 is 5.91 Å². The Kier molecular flexibility index (Phi) is 3.23. The number of hydrogen-bond acceptors (Lipinski definition) is 4. The summed E-state index contributed by atoms with van der Waals surface area (Å²) in [6.07, 6.45) is 4.53. The maximum Gasteiger partial charge on any atom is 0.252 e. The van der Waals surface area contributed by atoms with Crippen LogP contribution in [-0.4, -0.2) is 18.2 Å². The largest absolute Gasteiger partial charge is 0.454 e. The van der Waals surface area contributed by atoms with Gasteiger partial charge in [-0.05, 0) is 31.0 Å². The molecule has 5 nitrogen and oxygen atoms in total. The molecule has 1 N–H and O–H groups in total. The lowest BCUT2D eigenvalue weighted by molar-refractivity contribution is 0.0902. The van der Waals surface area contributed by atoms with Crippen LogP contribution < -0.4 is 14.8 Å². The van der Waals surface area contributed by atoms with E-state index in [0.717, 1.165) is 32.1 Å². The molecule has 5 heteroatoms. The molecule has 3 rings (SSSR count). The Morgan fingerprint density at radius 1 is 1.20 bits per heavy atom. The summed E-state index contributed by atoms with van der Waals surface area (Å²) in [6.45, 7) is 0.183. The van der Waals surface area contributed by atoms with E-state index in [2.05, 4.69) is 11.4 Å². The molecule has 1 saturated carbocycles. The summed E-state index contributed by atoms with van der Waals surface area (Å²) in [5.41, 5.74) is -0.222. The number of carbonyl (C=O) groups excluding carboxylic acids is 1. The molecule has 1 aromatic rings. The van der Waals surface area contributed by atoms with E-state index >= 15 is 0 Å². The number of fused-ring (bicyclic) bond motifs is 1. The first-order valence-corrected chi connectivity index (χ1v) is 6.86. The number of nitriles is 1. The molecule has 0 atom stereocenters. The van der Waals surface area contributed by atoms with E-state index in [4.69, 9.17) is 9.47 Å². The van der Waals surface area contributed by atoms with Gasteiger partial charge in [-0.25, -0.2) is 0 Å². The van der Waals surface area contributed by atoms with E-state index in [9.17, 15) is 10.1 Å². The molecule has 0 saturated heterocycles. The van der Waals surface area contributed by atoms with Crippen molar-refractivity contribution in [3.63, 3.8) is 0 Å². The van der Waals surface area contributed by atoms with E-state index < -0.39 is 5.54 Å². The van der Waals surface area contributed by atoms with Gasteiger partial charge in [0.15, 0.2) is 11.5 Å². The van der Waals surface area contributed by atoms with E-state index in [1.165, 1.54) is 0 Å². The van der Waals surface area contributed by atoms with Gasteiger partial charge in [-0.3, -0.25) is 4.79 Å². The van der Waals surface area contributed by atoms with Gasteiger partial charge in [0, 0.05) is 5.56 Å². The van der Waals surface area contributed by atoms with Crippen LogP contribution >= 0.6 is 0 Å². The molecule has 1 heterocycles. The zero-order valence-electron chi connectivity index (χ0n) is 11.1. The molecule has 1 fully saturated rings. The van der Waals surface area contributed by atoms with Gasteiger partial charge < -0.3 is 14.8 Å². The van der Waals surface area contributed by atoms with Gasteiger partial charge in [0.1, 0.15) is 5.54 Å². The third-order valence-electron chi connectivity index (χ3n) is 3.91. The Balaban J connectivity index is 1.77. The number of ether oxygens (including phenoxy) is 2. The monoisotopic (exact) mass is 272 g/mol. The number of amides is 1. The fourth-order valence-corrected chi connectivity index (χ4v) is 2.75. The molecule has 0 aromatic heterocycles. The molecule has 1 aliphatic carbocycles. The Morgan fingerprint density at radius 3 is 2.70 bits per heavy atom. The molecular formula is C15H16N2O3. The van der Waals surface area contributed by atoms with Crippen LogP contribution in [-0.2, 0) is 0 Å². The van der Waals surface area contributed by atoms with Gasteiger partial charge in [-0.2, -0.15) is 5.26 Å². The topological polar surface area (TPSA) is 71.4 Å². The lowest BCUT2D eigenvalue weighted by atomic mass is 9.82. The highest BCUT2D eigenvalue weighted by atomic mass is 16.7. The molecular weight excluding hydrogens is 256 g/mol. The van der Waals surface area contributed by atoms with Gasteiger partial charge in [0.25, 0.3) is 5.91 Å². The summed E-state index contributed by atoms with van der Waals surface area (Å²) in [4.78, 5) is 12.3. The van der Waals surface area contributed by atoms with Crippen LogP contribution in [0, 0.1) is 11.3 Å². The minimum atomic E-state index is -0.717. The van der Waals surface area contributed by atoms with E-state index in [-0.39, 0.29) is 12.7 Å². The summed E-state index contributed by atoms with van der Waals surface area (Å²) < 4.78 is 10.5. The van der Waals surface area contributed by atoms with Crippen molar-refractivity contribution < 1.29 is 14.3 Å². The predicted octanol–water partition coefficient (Wildman–Crippen LogP) is 2.37. The number of hydrogen-bond donors (Lipinski definition) is 1. The number of nitrogens with zero attached hydrogens (tertiary/aromatic N) is 1. The summed E-state index contributed by atoms with van der Waals surface area (Å²) >= 11 is 0. The molecule has 1 aromatic carbocycles. The third-order valence-corrected chi connectivity index (χ3v) is 3.91. The van der Waals surface area contributed by atoms with E-state index in [0.29, 0.717) is 17.1 Å². The molecule has 0 spiro atoms. The quantitative estimate of drug-likeness (QED) is 0.897. The average Bonchev–Trinajstić information content (AvgIpc) is 2.95. The molecule has 104 valence electrons. The number of carbonyl (C=O) groups is 1. The molecule has 0 radical (unpaired) electrons. The van der Waals surface area contributed by atoms with Crippen LogP contribution in [0.5, 0.6) is 11.5 Å². The fraction of sp³-hybridized carbons (Fsp3) is 0.467. The molecule has 0 unspecified atom stereocenters. The number of benzene rings is 1. The predicted molar refractivity (Wildman–Crippen MR) is 71.5 cm³/mol. The van der Waals surface area contributed by atoms with Crippen molar-refractivity contribution in [3.05, 3.63) is 23.8 Å². The maximum absolute atomic E-state index is 12.3. The number of rotatable bonds is 2. The maximum atomic E-state index is 12.3. The van der Waals surface area contributed by atoms with Crippen LogP contribution in [0.1, 0.15) is 42.5 Å². The lowest BCUT2D eigenvalue weighted by Gasteiger charge is -2.31. The van der Waals surface area contributed by atoms with Gasteiger partial charge in [0.2, 0.25) is 6.79 Å². The second-order valence-corrected chi connectivity index (χ2v) is 5.28. The Labute approximate surface area is 117 Å². The average molecular weight is 272 g/mol. The van der Waals surface area contributed by atoms with Gasteiger partial charge in [0.05, 0.1) is 6.07 Å². The molecule has 0 bridgehead atoms. The third kappa shape index (κ3) is 2.29. The van der Waals surface area contributed by atoms with E-state index in [1.807, 2.05) is 0 Å². The van der Waals surface area contributed by atoms with Crippen LogP contribution in [0.15, 0.2) is 18.2 Å². The van der Waals surface area contributed by atoms with Crippen molar-refractivity contribution in [1.82, 2.24) is 5.32 Å². The highest BCUT2D eigenvalue weighted by Gasteiger charge is 2.34. The van der Waals surface area contributed by atoms with Crippen LogP contribution in [0.25, 0.3) is 0 Å². The van der Waals surface area contributed by atoms with Crippen molar-refractivity contribution in [3.8, 4) is 17.6 Å². The fourth-order valence-electron chi connectivity index (χ4n) is 2.75. The Hall–Kier alpha value is -2.22. The summed E-state index contributed by atoms with van der Waals surface area (Å²) in [7, 11) is 0. The van der Waals surface area contributed by atoms with Crippen LogP contribution in [0.2, 0.25) is 0 Å². The zero-order chi connectivity index (χ0) is 14.0. The molecule has 2 aliphatic rings. The van der Waals surface area contributed by atoms with Crippen LogP contribution in [0.4, 0.5) is 0 Å². The van der Waals surface area contributed by atoms with Gasteiger partial charge in [-0.1, -0.05) is 19.3 Å². The standard InChI is InChI=1S/C15H16N2O3/c16-9-15(6-2-1-3-7-15)17-14(18)11-4-5-12-13(8-11)20-10-19-12/h4-5,8H,1-3,6-7,10H2,(H,17,18). The second kappa shape index (κ2) is 5.04. The first-order valence-electron chi connectivity index (χ1n) is 6.86. The highest BCUT2D eigenvalue weighted by molar-refractivity contribution is 5.95. The lowest BCUT2D eigenvalue weighted by Crippen LogP contribution is -2.48. The van der Waals surface area contributed by atoms with Crippen molar-refractivity contribution in [2.24, 2.45) is 0 Å². The minimum absolute atomic E-state index is 0.183. The van der Waals surface area contributed by atoms with Crippen molar-refractivity contribution in [1.29, 1.82) is 5.26 Å². The number of nitrogens with one attached hydrogen (secondary N) is 1. The molecule has 1 aliphatic heterocycles.